The third kappa shape index (κ3) is 5.05. The number of rotatable bonds is 8. The average Bonchev–Trinajstić information content (AvgIpc) is 3.11. The van der Waals surface area contributed by atoms with Crippen LogP contribution in [0.5, 0.6) is 0 Å². The molecule has 1 aromatic rings. The molecule has 2 amide bonds. The first kappa shape index (κ1) is 20.9. The number of likely N-dealkylation sites (tertiary alicyclic amines) is 1. The minimum Gasteiger partial charge on any atom is -0.388 e. The van der Waals surface area contributed by atoms with Crippen molar-refractivity contribution in [2.45, 2.75) is 63.6 Å². The Kier molecular flexibility index (Phi) is 7.61. The van der Waals surface area contributed by atoms with Crippen LogP contribution in [0.4, 0.5) is 0 Å². The van der Waals surface area contributed by atoms with Crippen molar-refractivity contribution < 1.29 is 19.4 Å². The highest BCUT2D eigenvalue weighted by atomic mass is 32.1. The summed E-state index contributed by atoms with van der Waals surface area (Å²) in [6.07, 6.45) is 3.87. The Morgan fingerprint density at radius 3 is 2.85 bits per heavy atom. The number of methoxy groups -OCH3 is 1. The molecule has 0 bridgehead atoms. The minimum absolute atomic E-state index is 0.0752. The van der Waals surface area contributed by atoms with Gasteiger partial charge in [-0.2, -0.15) is 0 Å². The standard InChI is InChI=1S/C19H30N2O4S/c1-4-5-6-9-16(23)21-11-10-19(2,24)18(20-15(22)13-25-3)17(21)14-8-7-12-26-14/h7-8,12,17-18,24H,4-6,9-11,13H2,1-3H3,(H,20,22)/t17-,18-,19+/m0/s1. The highest BCUT2D eigenvalue weighted by Crippen LogP contribution is 2.39. The number of unbranched alkanes of at least 4 members (excludes halogenated alkanes) is 2. The lowest BCUT2D eigenvalue weighted by molar-refractivity contribution is -0.146. The maximum atomic E-state index is 12.9. The Morgan fingerprint density at radius 2 is 2.23 bits per heavy atom. The molecule has 1 fully saturated rings. The fourth-order valence-electron chi connectivity index (χ4n) is 3.47. The SMILES string of the molecule is CCCCCC(=O)N1CC[C@@](C)(O)[C@@H](NC(=O)COC)[C@@H]1c1cccs1. The van der Waals surface area contributed by atoms with Crippen molar-refractivity contribution >= 4 is 23.2 Å². The van der Waals surface area contributed by atoms with Gasteiger partial charge < -0.3 is 20.1 Å². The van der Waals surface area contributed by atoms with Crippen molar-refractivity contribution in [1.82, 2.24) is 10.2 Å². The van der Waals surface area contributed by atoms with Crippen molar-refractivity contribution in [2.24, 2.45) is 0 Å². The van der Waals surface area contributed by atoms with Crippen LogP contribution in [0.25, 0.3) is 0 Å². The number of nitrogens with one attached hydrogen (secondary N) is 1. The summed E-state index contributed by atoms with van der Waals surface area (Å²) in [7, 11) is 1.46. The van der Waals surface area contributed by atoms with E-state index >= 15 is 0 Å². The smallest absolute Gasteiger partial charge is 0.246 e. The zero-order valence-corrected chi connectivity index (χ0v) is 16.7. The molecule has 0 aromatic carbocycles. The van der Waals surface area contributed by atoms with Gasteiger partial charge in [-0.25, -0.2) is 0 Å². The van der Waals surface area contributed by atoms with E-state index in [1.54, 1.807) is 6.92 Å². The van der Waals surface area contributed by atoms with Gasteiger partial charge in [0.15, 0.2) is 0 Å². The molecule has 146 valence electrons. The van der Waals surface area contributed by atoms with Crippen LogP contribution in [0.1, 0.15) is 56.9 Å². The molecular weight excluding hydrogens is 352 g/mol. The van der Waals surface area contributed by atoms with Crippen LogP contribution >= 0.6 is 11.3 Å². The quantitative estimate of drug-likeness (QED) is 0.677. The van der Waals surface area contributed by atoms with E-state index in [-0.39, 0.29) is 24.5 Å². The lowest BCUT2D eigenvalue weighted by Gasteiger charge is -2.48. The monoisotopic (exact) mass is 382 g/mol. The normalized spacial score (nSPS) is 25.9. The van der Waals surface area contributed by atoms with Gasteiger partial charge in [0.05, 0.1) is 17.7 Å². The number of carbonyl (C=O) groups excluding carboxylic acids is 2. The van der Waals surface area contributed by atoms with Crippen LogP contribution in [0.2, 0.25) is 0 Å². The van der Waals surface area contributed by atoms with Gasteiger partial charge in [-0.15, -0.1) is 11.3 Å². The van der Waals surface area contributed by atoms with Gasteiger partial charge in [0.2, 0.25) is 11.8 Å². The van der Waals surface area contributed by atoms with Crippen molar-refractivity contribution in [3.05, 3.63) is 22.4 Å². The van der Waals surface area contributed by atoms with Crippen molar-refractivity contribution in [3.63, 3.8) is 0 Å². The van der Waals surface area contributed by atoms with Crippen LogP contribution in [-0.2, 0) is 14.3 Å². The molecule has 1 aliphatic heterocycles. The Morgan fingerprint density at radius 1 is 1.46 bits per heavy atom. The second-order valence-electron chi connectivity index (χ2n) is 7.09. The molecule has 0 saturated carbocycles. The number of carbonyl (C=O) groups is 2. The number of amides is 2. The number of piperidine rings is 1. The van der Waals surface area contributed by atoms with Gasteiger partial charge >= 0.3 is 0 Å². The molecule has 0 radical (unpaired) electrons. The third-order valence-corrected chi connectivity index (χ3v) is 5.86. The number of thiophene rings is 1. The predicted octanol–water partition coefficient (Wildman–Crippen LogP) is 2.48. The van der Waals surface area contributed by atoms with E-state index in [2.05, 4.69) is 12.2 Å². The molecule has 0 aliphatic carbocycles. The molecular formula is C19H30N2O4S. The molecule has 26 heavy (non-hydrogen) atoms. The fraction of sp³-hybridized carbons (Fsp3) is 0.684. The van der Waals surface area contributed by atoms with Gasteiger partial charge in [-0.05, 0) is 31.2 Å². The second-order valence-corrected chi connectivity index (χ2v) is 8.07. The molecule has 0 unspecified atom stereocenters. The van der Waals surface area contributed by atoms with Gasteiger partial charge in [0.25, 0.3) is 0 Å². The van der Waals surface area contributed by atoms with Gasteiger partial charge in [0.1, 0.15) is 6.61 Å². The molecule has 0 spiro atoms. The topological polar surface area (TPSA) is 78.9 Å². The summed E-state index contributed by atoms with van der Waals surface area (Å²) in [4.78, 5) is 27.8. The zero-order valence-electron chi connectivity index (χ0n) is 15.9. The molecule has 3 atom stereocenters. The number of nitrogens with zero attached hydrogens (tertiary/aromatic N) is 1. The van der Waals surface area contributed by atoms with E-state index in [0.29, 0.717) is 19.4 Å². The molecule has 2 heterocycles. The van der Waals surface area contributed by atoms with Crippen LogP contribution < -0.4 is 5.32 Å². The summed E-state index contributed by atoms with van der Waals surface area (Å²) in [5.41, 5.74) is -1.10. The Hall–Kier alpha value is -1.44. The van der Waals surface area contributed by atoms with E-state index in [1.165, 1.54) is 18.4 Å². The molecule has 1 saturated heterocycles. The molecule has 1 aromatic heterocycles. The van der Waals surface area contributed by atoms with E-state index in [4.69, 9.17) is 4.74 Å². The van der Waals surface area contributed by atoms with Crippen LogP contribution in [0, 0.1) is 0 Å². The van der Waals surface area contributed by atoms with Crippen LogP contribution in [0.15, 0.2) is 17.5 Å². The van der Waals surface area contributed by atoms with E-state index < -0.39 is 11.6 Å². The van der Waals surface area contributed by atoms with Crippen molar-refractivity contribution in [1.29, 1.82) is 0 Å². The highest BCUT2D eigenvalue weighted by molar-refractivity contribution is 7.10. The third-order valence-electron chi connectivity index (χ3n) is 4.92. The van der Waals surface area contributed by atoms with E-state index in [9.17, 15) is 14.7 Å². The maximum Gasteiger partial charge on any atom is 0.246 e. The summed E-state index contributed by atoms with van der Waals surface area (Å²) in [6.45, 7) is 4.24. The second kappa shape index (κ2) is 9.48. The van der Waals surface area contributed by atoms with Crippen molar-refractivity contribution in [2.75, 3.05) is 20.3 Å². The number of hydrogen-bond donors (Lipinski definition) is 2. The lowest BCUT2D eigenvalue weighted by Crippen LogP contribution is -2.63. The zero-order chi connectivity index (χ0) is 19.2. The van der Waals surface area contributed by atoms with Gasteiger partial charge in [-0.1, -0.05) is 25.8 Å². The van der Waals surface area contributed by atoms with Gasteiger partial charge in [0, 0.05) is 25.0 Å². The number of aliphatic hydroxyl groups is 1. The minimum atomic E-state index is -1.10. The van der Waals surface area contributed by atoms with E-state index in [0.717, 1.165) is 24.1 Å². The highest BCUT2D eigenvalue weighted by Gasteiger charge is 2.47. The summed E-state index contributed by atoms with van der Waals surface area (Å²) in [6, 6.07) is 2.94. The Bertz CT molecular complexity index is 588. The number of ether oxygens (including phenoxy) is 1. The Balaban J connectivity index is 2.28. The van der Waals surface area contributed by atoms with Crippen LogP contribution in [-0.4, -0.2) is 53.7 Å². The average molecular weight is 383 g/mol. The Labute approximate surface area is 159 Å². The first-order valence-corrected chi connectivity index (χ1v) is 10.1. The maximum absolute atomic E-state index is 12.9. The van der Waals surface area contributed by atoms with Crippen molar-refractivity contribution in [3.8, 4) is 0 Å². The first-order valence-electron chi connectivity index (χ1n) is 9.24. The van der Waals surface area contributed by atoms with Crippen LogP contribution in [0.3, 0.4) is 0 Å². The molecule has 2 N–H and O–H groups in total. The summed E-state index contributed by atoms with van der Waals surface area (Å²) < 4.78 is 4.91. The summed E-state index contributed by atoms with van der Waals surface area (Å²) in [5, 5.41) is 15.8. The fourth-order valence-corrected chi connectivity index (χ4v) is 4.34. The predicted molar refractivity (Wildman–Crippen MR) is 102 cm³/mol. The molecule has 7 heteroatoms. The summed E-state index contributed by atoms with van der Waals surface area (Å²) in [5.74, 6) is -0.210. The molecule has 1 aliphatic rings. The lowest BCUT2D eigenvalue weighted by atomic mass is 9.81. The molecule has 6 nitrogen and oxygen atoms in total. The largest absolute Gasteiger partial charge is 0.388 e. The van der Waals surface area contributed by atoms with Gasteiger partial charge in [-0.3, -0.25) is 9.59 Å². The molecule has 2 rings (SSSR count). The van der Waals surface area contributed by atoms with E-state index in [1.807, 2.05) is 22.4 Å². The summed E-state index contributed by atoms with van der Waals surface area (Å²) >= 11 is 1.54. The first-order chi connectivity index (χ1) is 12.4. The number of hydrogen-bond acceptors (Lipinski definition) is 5.